The summed E-state index contributed by atoms with van der Waals surface area (Å²) in [7, 11) is 0. The Morgan fingerprint density at radius 3 is 2.91 bits per heavy atom. The minimum atomic E-state index is 0.181. The second-order valence-electron chi connectivity index (χ2n) is 5.84. The summed E-state index contributed by atoms with van der Waals surface area (Å²) in [6.07, 6.45) is 3.90. The first-order valence-corrected chi connectivity index (χ1v) is 9.12. The van der Waals surface area contributed by atoms with E-state index < -0.39 is 0 Å². The highest BCUT2D eigenvalue weighted by molar-refractivity contribution is 9.10. The fraction of sp³-hybridized carbons (Fsp3) is 0.294. The molecule has 1 N–H and O–H groups in total. The monoisotopic (exact) mass is 387 g/mol. The highest BCUT2D eigenvalue weighted by atomic mass is 79.9. The van der Waals surface area contributed by atoms with E-state index in [4.69, 9.17) is 0 Å². The van der Waals surface area contributed by atoms with Crippen molar-refractivity contribution >= 4 is 43.5 Å². The number of hydrogen-bond acceptors (Lipinski definition) is 5. The molecule has 116 valence electrons. The zero-order chi connectivity index (χ0) is 16.0. The van der Waals surface area contributed by atoms with Crippen LogP contribution in [0.3, 0.4) is 0 Å². The lowest BCUT2D eigenvalue weighted by Crippen LogP contribution is -2.37. The zero-order valence-electron chi connectivity index (χ0n) is 12.3. The van der Waals surface area contributed by atoms with Crippen molar-refractivity contribution in [2.75, 3.05) is 18.0 Å². The third kappa shape index (κ3) is 2.44. The van der Waals surface area contributed by atoms with Crippen molar-refractivity contribution < 1.29 is 5.11 Å². The Morgan fingerprint density at radius 2 is 2.17 bits per heavy atom. The third-order valence-corrected chi connectivity index (χ3v) is 6.19. The maximum atomic E-state index is 9.91. The molecule has 23 heavy (non-hydrogen) atoms. The zero-order valence-corrected chi connectivity index (χ0v) is 14.7. The van der Waals surface area contributed by atoms with Crippen LogP contribution in [0.25, 0.3) is 0 Å². The van der Waals surface area contributed by atoms with E-state index in [1.54, 1.807) is 29.7 Å². The molecule has 1 fully saturated rings. The van der Waals surface area contributed by atoms with Crippen molar-refractivity contribution in [2.45, 2.75) is 18.8 Å². The number of halogens is 1. The highest BCUT2D eigenvalue weighted by Gasteiger charge is 2.36. The average Bonchev–Trinajstić information content (AvgIpc) is 2.97. The van der Waals surface area contributed by atoms with Crippen LogP contribution in [0, 0.1) is 11.3 Å². The Morgan fingerprint density at radius 1 is 1.39 bits per heavy atom. The normalized spacial score (nSPS) is 16.8. The summed E-state index contributed by atoms with van der Waals surface area (Å²) in [5.41, 5.74) is 2.55. The van der Waals surface area contributed by atoms with Crippen LogP contribution in [0.4, 0.5) is 10.0 Å². The van der Waals surface area contributed by atoms with Gasteiger partial charge in [-0.05, 0) is 37.0 Å². The predicted octanol–water partition coefficient (Wildman–Crippen LogP) is 4.54. The van der Waals surface area contributed by atoms with E-state index in [0.717, 1.165) is 35.4 Å². The Bertz CT molecular complexity index is 844. The molecule has 0 spiro atoms. The highest BCUT2D eigenvalue weighted by Crippen LogP contribution is 2.52. The number of thiophene rings is 1. The van der Waals surface area contributed by atoms with Crippen molar-refractivity contribution in [3.05, 3.63) is 39.4 Å². The van der Waals surface area contributed by atoms with Gasteiger partial charge < -0.3 is 10.0 Å². The van der Waals surface area contributed by atoms with Crippen molar-refractivity contribution in [1.82, 2.24) is 0 Å². The van der Waals surface area contributed by atoms with Gasteiger partial charge in [0.2, 0.25) is 0 Å². The summed E-state index contributed by atoms with van der Waals surface area (Å²) >= 11 is 4.98. The van der Waals surface area contributed by atoms with Crippen LogP contribution in [0.5, 0.6) is 5.75 Å². The van der Waals surface area contributed by atoms with Gasteiger partial charge in [-0.15, -0.1) is 0 Å². The Kier molecular flexibility index (Phi) is 3.63. The Labute approximate surface area is 146 Å². The number of nitriles is 1. The third-order valence-electron chi connectivity index (χ3n) is 4.52. The van der Waals surface area contributed by atoms with Crippen LogP contribution >= 0.6 is 27.3 Å². The molecule has 0 amide bonds. The Balaban J connectivity index is 1.76. The molecule has 5 rings (SSSR count). The lowest BCUT2D eigenvalue weighted by molar-refractivity contribution is 0.474. The first kappa shape index (κ1) is 14.7. The SMILES string of the molecule is N#Cc1c(/N=C/c2cc(Br)ccc2O)sc2c1C1CCN2CC1. The molecule has 2 aromatic rings. The number of phenolic OH excluding ortho intramolecular Hbond substituents is 1. The molecule has 1 saturated heterocycles. The number of aromatic hydroxyl groups is 1. The van der Waals surface area contributed by atoms with E-state index in [9.17, 15) is 10.4 Å². The number of fused-ring (bicyclic) bond motifs is 2. The standard InChI is InChI=1S/C17H14BrN3OS/c18-12-1-2-14(22)11(7-12)9-20-16-13(8-19)15-10-3-5-21(6-4-10)17(15)23-16/h1-2,7,9-10,22H,3-6H2/b20-9+. The van der Waals surface area contributed by atoms with Gasteiger partial charge in [-0.25, -0.2) is 4.99 Å². The first-order valence-electron chi connectivity index (χ1n) is 7.51. The molecular weight excluding hydrogens is 374 g/mol. The Hall–Kier alpha value is -1.84. The molecule has 0 saturated carbocycles. The van der Waals surface area contributed by atoms with Crippen LogP contribution in [-0.2, 0) is 0 Å². The summed E-state index contributed by atoms with van der Waals surface area (Å²) in [4.78, 5) is 6.89. The molecule has 0 unspecified atom stereocenters. The lowest BCUT2D eigenvalue weighted by atomic mass is 9.84. The first-order chi connectivity index (χ1) is 11.2. The minimum absolute atomic E-state index is 0.181. The van der Waals surface area contributed by atoms with Crippen LogP contribution in [0.1, 0.15) is 35.4 Å². The van der Waals surface area contributed by atoms with Gasteiger partial charge in [-0.2, -0.15) is 5.26 Å². The lowest BCUT2D eigenvalue weighted by Gasteiger charge is -2.39. The van der Waals surface area contributed by atoms with Crippen LogP contribution in [0.2, 0.25) is 0 Å². The van der Waals surface area contributed by atoms with Gasteiger partial charge in [-0.1, -0.05) is 27.3 Å². The summed E-state index contributed by atoms with van der Waals surface area (Å²) < 4.78 is 0.881. The summed E-state index contributed by atoms with van der Waals surface area (Å²) in [5.74, 6) is 0.685. The quantitative estimate of drug-likeness (QED) is 0.769. The van der Waals surface area contributed by atoms with Gasteiger partial charge in [0.15, 0.2) is 0 Å². The number of hydrogen-bond donors (Lipinski definition) is 1. The molecule has 1 aromatic carbocycles. The van der Waals surface area contributed by atoms with Crippen molar-refractivity contribution in [2.24, 2.45) is 4.99 Å². The summed E-state index contributed by atoms with van der Waals surface area (Å²) in [5, 5.41) is 21.5. The number of rotatable bonds is 2. The number of anilines is 1. The van der Waals surface area contributed by atoms with Crippen LogP contribution in [0.15, 0.2) is 27.7 Å². The average molecular weight is 388 g/mol. The molecular formula is C17H14BrN3OS. The van der Waals surface area contributed by atoms with Crippen LogP contribution in [-0.4, -0.2) is 24.4 Å². The summed E-state index contributed by atoms with van der Waals surface area (Å²) in [6.45, 7) is 2.16. The van der Waals surface area contributed by atoms with Crippen LogP contribution < -0.4 is 4.90 Å². The number of phenols is 1. The topological polar surface area (TPSA) is 59.6 Å². The molecule has 6 heteroatoms. The molecule has 2 bridgehead atoms. The van der Waals surface area contributed by atoms with Crippen molar-refractivity contribution in [3.63, 3.8) is 0 Å². The molecule has 0 radical (unpaired) electrons. The molecule has 0 aliphatic carbocycles. The second-order valence-corrected chi connectivity index (χ2v) is 7.73. The van der Waals surface area contributed by atoms with E-state index >= 15 is 0 Å². The minimum Gasteiger partial charge on any atom is -0.507 e. The fourth-order valence-corrected chi connectivity index (χ4v) is 4.98. The van der Waals surface area contributed by atoms with Gasteiger partial charge in [0.05, 0.1) is 10.6 Å². The van der Waals surface area contributed by atoms with E-state index in [0.29, 0.717) is 17.0 Å². The van der Waals surface area contributed by atoms with Gasteiger partial charge in [0.25, 0.3) is 0 Å². The molecule has 3 aliphatic heterocycles. The van der Waals surface area contributed by atoms with Gasteiger partial charge in [0.1, 0.15) is 16.8 Å². The molecule has 1 aromatic heterocycles. The molecule has 0 atom stereocenters. The number of benzene rings is 1. The largest absolute Gasteiger partial charge is 0.507 e. The number of piperidine rings is 1. The predicted molar refractivity (Wildman–Crippen MR) is 96.3 cm³/mol. The van der Waals surface area contributed by atoms with E-state index in [1.807, 2.05) is 6.07 Å². The number of nitrogens with zero attached hydrogens (tertiary/aromatic N) is 3. The van der Waals surface area contributed by atoms with Gasteiger partial charge in [0, 0.05) is 34.9 Å². The van der Waals surface area contributed by atoms with E-state index in [2.05, 4.69) is 31.9 Å². The maximum Gasteiger partial charge on any atom is 0.136 e. The molecule has 4 nitrogen and oxygen atoms in total. The van der Waals surface area contributed by atoms with Crippen molar-refractivity contribution in [1.29, 1.82) is 5.26 Å². The molecule has 3 aliphatic rings. The van der Waals surface area contributed by atoms with Crippen molar-refractivity contribution in [3.8, 4) is 11.8 Å². The van der Waals surface area contributed by atoms with E-state index in [1.165, 1.54) is 10.6 Å². The van der Waals surface area contributed by atoms with Gasteiger partial charge >= 0.3 is 0 Å². The fourth-order valence-electron chi connectivity index (χ4n) is 3.36. The number of aliphatic imine (C=N–C) groups is 1. The van der Waals surface area contributed by atoms with E-state index in [-0.39, 0.29) is 5.75 Å². The van der Waals surface area contributed by atoms with Gasteiger partial charge in [-0.3, -0.25) is 0 Å². The smallest absolute Gasteiger partial charge is 0.136 e. The molecule has 4 heterocycles. The summed E-state index contributed by atoms with van der Waals surface area (Å²) in [6, 6.07) is 7.57. The maximum absolute atomic E-state index is 9.91. The second kappa shape index (κ2) is 5.66.